The van der Waals surface area contributed by atoms with Crippen LogP contribution < -0.4 is 43.8 Å². The Morgan fingerprint density at radius 2 is 1.39 bits per heavy atom. The lowest BCUT2D eigenvalue weighted by Crippen LogP contribution is -2.58. The van der Waals surface area contributed by atoms with E-state index in [0.717, 1.165) is 32.8 Å². The van der Waals surface area contributed by atoms with Gasteiger partial charge in [-0.15, -0.1) is 0 Å². The van der Waals surface area contributed by atoms with Gasteiger partial charge in [-0.3, -0.25) is 33.8 Å². The van der Waals surface area contributed by atoms with Crippen molar-refractivity contribution < 1.29 is 28.8 Å². The number of rotatable bonds is 9. The number of aliphatic imine (C=N–C) groups is 1. The van der Waals surface area contributed by atoms with Crippen LogP contribution in [0.25, 0.3) is 21.7 Å². The number of amides is 6. The van der Waals surface area contributed by atoms with Crippen molar-refractivity contribution in [2.75, 3.05) is 13.1 Å². The summed E-state index contributed by atoms with van der Waals surface area (Å²) in [7, 11) is 0. The molecule has 1 aromatic heterocycles. The molecule has 5 rings (SSSR count). The van der Waals surface area contributed by atoms with Gasteiger partial charge in [0, 0.05) is 55.9 Å². The van der Waals surface area contributed by atoms with E-state index in [4.69, 9.17) is 17.2 Å². The lowest BCUT2D eigenvalue weighted by atomic mass is 10.00. The molecule has 4 aromatic rings. The largest absolute Gasteiger partial charge is 0.370 e. The number of H-pyrrole nitrogens is 1. The molecular weight excluding hydrogens is 717 g/mol. The van der Waals surface area contributed by atoms with Gasteiger partial charge in [0.1, 0.15) is 24.2 Å². The van der Waals surface area contributed by atoms with Crippen LogP contribution in [-0.2, 0) is 41.6 Å². The normalized spacial score (nSPS) is 20.9. The average Bonchev–Trinajstić information content (AvgIpc) is 3.58. The third-order valence-corrected chi connectivity index (χ3v) is 9.70. The van der Waals surface area contributed by atoms with Crippen LogP contribution in [0.2, 0.25) is 0 Å². The number of hydrogen-bond acceptors (Lipinski definition) is 7. The zero-order valence-corrected chi connectivity index (χ0v) is 31.1. The van der Waals surface area contributed by atoms with Crippen molar-refractivity contribution in [3.63, 3.8) is 0 Å². The quantitative estimate of drug-likeness (QED) is 0.0662. The van der Waals surface area contributed by atoms with Crippen molar-refractivity contribution in [3.8, 4) is 0 Å². The van der Waals surface area contributed by atoms with Crippen molar-refractivity contribution in [2.45, 2.75) is 82.0 Å². The van der Waals surface area contributed by atoms with Crippen LogP contribution in [0.4, 0.5) is 0 Å². The van der Waals surface area contributed by atoms with Gasteiger partial charge in [-0.2, -0.15) is 0 Å². The van der Waals surface area contributed by atoms with E-state index in [2.05, 4.69) is 36.6 Å². The Kier molecular flexibility index (Phi) is 14.4. The third kappa shape index (κ3) is 11.8. The summed E-state index contributed by atoms with van der Waals surface area (Å²) in [6, 6.07) is 16.3. The molecule has 1 saturated heterocycles. The minimum atomic E-state index is -1.20. The van der Waals surface area contributed by atoms with E-state index in [1.54, 1.807) is 6.20 Å². The number of guanidine groups is 1. The maximum atomic E-state index is 14.2. The van der Waals surface area contributed by atoms with E-state index in [1.165, 1.54) is 0 Å². The first-order chi connectivity index (χ1) is 27.0. The SMILES string of the molecule is NC(=O)[C@@H]1CCCCNC(=O)CCC(=O)N[C@@H](Cc2ccc3ccccc3c2)C(=O)N[C@@H](CCCN=C(N)N)C(=O)N[C@H](Cc2c[nH]c3ccccc23)C(=O)N1. The summed E-state index contributed by atoms with van der Waals surface area (Å²) in [6.45, 7) is 0.428. The number of carbonyl (C=O) groups excluding carboxylic acids is 6. The van der Waals surface area contributed by atoms with Crippen LogP contribution in [0.3, 0.4) is 0 Å². The van der Waals surface area contributed by atoms with E-state index in [9.17, 15) is 28.8 Å². The van der Waals surface area contributed by atoms with E-state index < -0.39 is 53.7 Å². The zero-order chi connectivity index (χ0) is 40.0. The molecule has 6 amide bonds. The molecule has 16 nitrogen and oxygen atoms in total. The molecular formula is C40H50N10O6. The first-order valence-corrected chi connectivity index (χ1v) is 18.8. The molecule has 0 radical (unpaired) electrons. The van der Waals surface area contributed by atoms with E-state index >= 15 is 0 Å². The third-order valence-electron chi connectivity index (χ3n) is 9.70. The van der Waals surface area contributed by atoms with Gasteiger partial charge >= 0.3 is 0 Å². The van der Waals surface area contributed by atoms with Gasteiger partial charge in [-0.25, -0.2) is 0 Å². The molecule has 56 heavy (non-hydrogen) atoms. The predicted molar refractivity (Wildman–Crippen MR) is 213 cm³/mol. The second-order valence-electron chi connectivity index (χ2n) is 13.9. The Morgan fingerprint density at radius 1 is 0.714 bits per heavy atom. The molecule has 0 unspecified atom stereocenters. The molecule has 0 bridgehead atoms. The fourth-order valence-electron chi connectivity index (χ4n) is 6.70. The predicted octanol–water partition coefficient (Wildman–Crippen LogP) is 0.665. The van der Waals surface area contributed by atoms with Crippen molar-refractivity contribution in [2.24, 2.45) is 22.2 Å². The number of para-hydroxylation sites is 1. The van der Waals surface area contributed by atoms with Gasteiger partial charge < -0.3 is 48.8 Å². The summed E-state index contributed by atoms with van der Waals surface area (Å²) < 4.78 is 0. The van der Waals surface area contributed by atoms with Crippen LogP contribution in [0.5, 0.6) is 0 Å². The van der Waals surface area contributed by atoms with Crippen LogP contribution in [0.15, 0.2) is 77.9 Å². The smallest absolute Gasteiger partial charge is 0.243 e. The molecule has 0 spiro atoms. The minimum absolute atomic E-state index is 0.0361. The van der Waals surface area contributed by atoms with Gasteiger partial charge in [0.15, 0.2) is 5.96 Å². The summed E-state index contributed by atoms with van der Waals surface area (Å²) in [5, 5.41) is 16.6. The molecule has 4 atom stereocenters. The fourth-order valence-corrected chi connectivity index (χ4v) is 6.70. The van der Waals surface area contributed by atoms with Gasteiger partial charge in [0.25, 0.3) is 0 Å². The van der Waals surface area contributed by atoms with E-state index in [-0.39, 0.29) is 69.9 Å². The number of nitrogens with zero attached hydrogens (tertiary/aromatic N) is 1. The Balaban J connectivity index is 1.47. The summed E-state index contributed by atoms with van der Waals surface area (Å²) >= 11 is 0. The average molecular weight is 767 g/mol. The Morgan fingerprint density at radius 3 is 2.18 bits per heavy atom. The molecule has 3 aromatic carbocycles. The maximum Gasteiger partial charge on any atom is 0.243 e. The van der Waals surface area contributed by atoms with E-state index in [0.29, 0.717) is 12.8 Å². The summed E-state index contributed by atoms with van der Waals surface area (Å²) in [5.74, 6) is -3.76. The first kappa shape index (κ1) is 40.7. The highest BCUT2D eigenvalue weighted by Gasteiger charge is 2.32. The fraction of sp³-hybridized carbons (Fsp3) is 0.375. The van der Waals surface area contributed by atoms with Crippen molar-refractivity contribution in [3.05, 3.63) is 84.1 Å². The van der Waals surface area contributed by atoms with Gasteiger partial charge in [0.2, 0.25) is 35.4 Å². The van der Waals surface area contributed by atoms with Crippen LogP contribution in [0.1, 0.15) is 56.1 Å². The van der Waals surface area contributed by atoms with Crippen molar-refractivity contribution >= 4 is 63.1 Å². The second kappa shape index (κ2) is 19.8. The molecule has 1 aliphatic heterocycles. The number of carbonyl (C=O) groups is 6. The molecule has 0 aliphatic carbocycles. The second-order valence-corrected chi connectivity index (χ2v) is 13.9. The number of aromatic amines is 1. The summed E-state index contributed by atoms with van der Waals surface area (Å²) in [6.07, 6.45) is 3.00. The Labute approximate surface area is 324 Å². The number of aromatic nitrogens is 1. The molecule has 12 N–H and O–H groups in total. The first-order valence-electron chi connectivity index (χ1n) is 18.8. The monoisotopic (exact) mass is 766 g/mol. The van der Waals surface area contributed by atoms with Crippen molar-refractivity contribution in [1.82, 2.24) is 31.6 Å². The molecule has 296 valence electrons. The lowest BCUT2D eigenvalue weighted by Gasteiger charge is -2.26. The Hall–Kier alpha value is -6.45. The van der Waals surface area contributed by atoms with E-state index in [1.807, 2.05) is 66.7 Å². The molecule has 1 aliphatic rings. The number of primary amides is 1. The number of benzene rings is 3. The summed E-state index contributed by atoms with van der Waals surface area (Å²) in [5.41, 5.74) is 19.0. The highest BCUT2D eigenvalue weighted by molar-refractivity contribution is 5.96. The molecule has 1 fully saturated rings. The number of hydrogen-bond donors (Lipinski definition) is 9. The maximum absolute atomic E-state index is 14.2. The minimum Gasteiger partial charge on any atom is -0.370 e. The topological polar surface area (TPSA) is 269 Å². The standard InChI is InChI=1S/C40H50N10O6/c41-36(53)30-12-5-6-18-44-34(51)16-17-35(52)47-32(21-24-14-15-25-8-1-2-9-26(25)20-24)38(55)49-31(13-7-19-45-40(42)43)37(54)50-33(39(56)48-30)22-27-23-46-29-11-4-3-10-28(27)29/h1-4,8-11,14-15,20,23,30-33,46H,5-7,12-13,16-19,21-22H2,(H2,41,53)(H,44,51)(H,47,52)(H,48,56)(H,49,55)(H,50,54)(H4,42,43,45)/t30-,31-,32-,33+/m0/s1. The summed E-state index contributed by atoms with van der Waals surface area (Å²) in [4.78, 5) is 87.8. The number of fused-ring (bicyclic) bond motifs is 2. The van der Waals surface area contributed by atoms with Crippen LogP contribution >= 0.6 is 0 Å². The number of nitrogens with one attached hydrogen (secondary N) is 6. The van der Waals surface area contributed by atoms with Crippen LogP contribution in [0, 0.1) is 0 Å². The van der Waals surface area contributed by atoms with Gasteiger partial charge in [-0.1, -0.05) is 60.7 Å². The highest BCUT2D eigenvalue weighted by atomic mass is 16.2. The zero-order valence-electron chi connectivity index (χ0n) is 31.1. The Bertz CT molecular complexity index is 2080. The molecule has 16 heteroatoms. The molecule has 0 saturated carbocycles. The lowest BCUT2D eigenvalue weighted by molar-refractivity contribution is -0.134. The number of nitrogens with two attached hydrogens (primary N) is 3. The van der Waals surface area contributed by atoms with Crippen molar-refractivity contribution in [1.29, 1.82) is 0 Å². The highest BCUT2D eigenvalue weighted by Crippen LogP contribution is 2.20. The molecule has 2 heterocycles. The van der Waals surface area contributed by atoms with Crippen LogP contribution in [-0.4, -0.2) is 83.6 Å². The van der Waals surface area contributed by atoms with Gasteiger partial charge in [-0.05, 0) is 60.1 Å². The van der Waals surface area contributed by atoms with Gasteiger partial charge in [0.05, 0.1) is 0 Å².